The van der Waals surface area contributed by atoms with Crippen molar-refractivity contribution in [1.29, 1.82) is 0 Å². The van der Waals surface area contributed by atoms with Gasteiger partial charge in [0, 0.05) is 13.1 Å². The van der Waals surface area contributed by atoms with Gasteiger partial charge in [0.2, 0.25) is 6.41 Å². The van der Waals surface area contributed by atoms with Gasteiger partial charge in [0.15, 0.2) is 0 Å². The van der Waals surface area contributed by atoms with Crippen molar-refractivity contribution in [1.82, 2.24) is 4.90 Å². The first kappa shape index (κ1) is 10.5. The summed E-state index contributed by atoms with van der Waals surface area (Å²) in [5.41, 5.74) is 6.44. The molecule has 1 aliphatic rings. The second-order valence-electron chi connectivity index (χ2n) is 4.46. The van der Waals surface area contributed by atoms with Crippen LogP contribution in [-0.4, -0.2) is 11.3 Å². The van der Waals surface area contributed by atoms with E-state index in [0.717, 1.165) is 19.5 Å². The monoisotopic (exact) mass is 243 g/mol. The Kier molecular flexibility index (Phi) is 2.48. The molecule has 3 rings (SSSR count). The fourth-order valence-corrected chi connectivity index (χ4v) is 3.18. The molecule has 1 amide bonds. The van der Waals surface area contributed by atoms with Crippen molar-refractivity contribution in [2.75, 3.05) is 0 Å². The van der Waals surface area contributed by atoms with Crippen molar-refractivity contribution in [3.05, 3.63) is 45.6 Å². The number of hydrogen-bond donors (Lipinski definition) is 0. The molecule has 0 aliphatic carbocycles. The highest BCUT2D eigenvalue weighted by molar-refractivity contribution is 7.08. The Hall–Kier alpha value is -1.61. The van der Waals surface area contributed by atoms with Gasteiger partial charge in [-0.25, -0.2) is 0 Å². The lowest BCUT2D eigenvalue weighted by molar-refractivity contribution is -0.118. The molecule has 0 unspecified atom stereocenters. The number of carbonyl (C=O) groups is 1. The van der Waals surface area contributed by atoms with Gasteiger partial charge >= 0.3 is 0 Å². The van der Waals surface area contributed by atoms with Crippen LogP contribution in [0.25, 0.3) is 11.1 Å². The van der Waals surface area contributed by atoms with E-state index < -0.39 is 0 Å². The summed E-state index contributed by atoms with van der Waals surface area (Å²) in [6, 6.07) is 6.52. The zero-order valence-corrected chi connectivity index (χ0v) is 10.5. The molecule has 0 bridgehead atoms. The maximum atomic E-state index is 10.8. The SMILES string of the molecule is Cc1cscc1-c1ccc2c(c1)CN(C=O)C2. The van der Waals surface area contributed by atoms with Gasteiger partial charge < -0.3 is 4.90 Å². The molecule has 1 aromatic carbocycles. The number of aryl methyl sites for hydroxylation is 1. The highest BCUT2D eigenvalue weighted by Gasteiger charge is 2.17. The van der Waals surface area contributed by atoms with Crippen molar-refractivity contribution in [3.8, 4) is 11.1 Å². The molecule has 0 N–H and O–H groups in total. The predicted molar refractivity (Wildman–Crippen MR) is 69.8 cm³/mol. The predicted octanol–water partition coefficient (Wildman–Crippen LogP) is 3.20. The van der Waals surface area contributed by atoms with Gasteiger partial charge in [-0.1, -0.05) is 12.1 Å². The molecule has 1 aliphatic heterocycles. The van der Waals surface area contributed by atoms with E-state index in [1.807, 2.05) is 0 Å². The minimum absolute atomic E-state index is 0.746. The number of nitrogens with zero attached hydrogens (tertiary/aromatic N) is 1. The molecule has 3 heteroatoms. The molecule has 0 atom stereocenters. The van der Waals surface area contributed by atoms with E-state index in [2.05, 4.69) is 35.9 Å². The molecular formula is C14H13NOS. The third-order valence-electron chi connectivity index (χ3n) is 3.27. The quantitative estimate of drug-likeness (QED) is 0.742. The normalized spacial score (nSPS) is 13.8. The van der Waals surface area contributed by atoms with Crippen LogP contribution >= 0.6 is 11.3 Å². The molecule has 2 aromatic rings. The minimum Gasteiger partial charge on any atom is -0.337 e. The smallest absolute Gasteiger partial charge is 0.210 e. The van der Waals surface area contributed by atoms with Crippen molar-refractivity contribution in [3.63, 3.8) is 0 Å². The van der Waals surface area contributed by atoms with Gasteiger partial charge in [-0.15, -0.1) is 0 Å². The number of benzene rings is 1. The van der Waals surface area contributed by atoms with Crippen LogP contribution in [0.2, 0.25) is 0 Å². The van der Waals surface area contributed by atoms with Crippen LogP contribution in [0.4, 0.5) is 0 Å². The van der Waals surface area contributed by atoms with Crippen LogP contribution in [-0.2, 0) is 17.9 Å². The molecule has 17 heavy (non-hydrogen) atoms. The molecule has 0 radical (unpaired) electrons. The summed E-state index contributed by atoms with van der Waals surface area (Å²) in [4.78, 5) is 12.6. The van der Waals surface area contributed by atoms with E-state index in [1.165, 1.54) is 27.8 Å². The molecule has 86 valence electrons. The number of carbonyl (C=O) groups excluding carboxylic acids is 1. The maximum absolute atomic E-state index is 10.8. The molecule has 0 spiro atoms. The Bertz CT molecular complexity index is 573. The highest BCUT2D eigenvalue weighted by Crippen LogP contribution is 2.31. The Morgan fingerprint density at radius 1 is 1.24 bits per heavy atom. The lowest BCUT2D eigenvalue weighted by Gasteiger charge is -2.04. The molecule has 0 saturated carbocycles. The average Bonchev–Trinajstić information content (AvgIpc) is 2.93. The number of hydrogen-bond acceptors (Lipinski definition) is 2. The Labute approximate surface area is 105 Å². The summed E-state index contributed by atoms with van der Waals surface area (Å²) in [7, 11) is 0. The summed E-state index contributed by atoms with van der Waals surface area (Å²) in [5, 5.41) is 4.35. The van der Waals surface area contributed by atoms with E-state index in [-0.39, 0.29) is 0 Å². The van der Waals surface area contributed by atoms with E-state index in [0.29, 0.717) is 0 Å². The molecule has 0 fully saturated rings. The van der Waals surface area contributed by atoms with Gasteiger partial charge in [-0.3, -0.25) is 4.79 Å². The Balaban J connectivity index is 2.01. The summed E-state index contributed by atoms with van der Waals surface area (Å²) in [6.07, 6.45) is 0.926. The van der Waals surface area contributed by atoms with Gasteiger partial charge in [0.1, 0.15) is 0 Å². The largest absolute Gasteiger partial charge is 0.337 e. The summed E-state index contributed by atoms with van der Waals surface area (Å²) in [6.45, 7) is 3.63. The zero-order chi connectivity index (χ0) is 11.8. The lowest BCUT2D eigenvalue weighted by Crippen LogP contribution is -2.12. The topological polar surface area (TPSA) is 20.3 Å². The molecular weight excluding hydrogens is 230 g/mol. The molecule has 1 aromatic heterocycles. The van der Waals surface area contributed by atoms with Crippen molar-refractivity contribution in [2.45, 2.75) is 20.0 Å². The highest BCUT2D eigenvalue weighted by atomic mass is 32.1. The van der Waals surface area contributed by atoms with E-state index in [1.54, 1.807) is 16.2 Å². The second kappa shape index (κ2) is 4.00. The van der Waals surface area contributed by atoms with Crippen LogP contribution in [0.3, 0.4) is 0 Å². The van der Waals surface area contributed by atoms with E-state index in [9.17, 15) is 4.79 Å². The number of amides is 1. The van der Waals surface area contributed by atoms with Crippen molar-refractivity contribution >= 4 is 17.7 Å². The summed E-state index contributed by atoms with van der Waals surface area (Å²) in [5.74, 6) is 0. The number of fused-ring (bicyclic) bond motifs is 1. The minimum atomic E-state index is 0.746. The van der Waals surface area contributed by atoms with Crippen molar-refractivity contribution < 1.29 is 4.79 Å². The van der Waals surface area contributed by atoms with E-state index in [4.69, 9.17) is 0 Å². The van der Waals surface area contributed by atoms with Gasteiger partial charge in [0.05, 0.1) is 0 Å². The fraction of sp³-hybridized carbons (Fsp3) is 0.214. The standard InChI is InChI=1S/C14H13NOS/c1-10-7-17-8-14(10)11-2-3-12-5-15(9-16)6-13(12)4-11/h2-4,7-9H,5-6H2,1H3. The number of rotatable bonds is 2. The Morgan fingerprint density at radius 2 is 2.06 bits per heavy atom. The maximum Gasteiger partial charge on any atom is 0.210 e. The first-order chi connectivity index (χ1) is 8.28. The van der Waals surface area contributed by atoms with Crippen molar-refractivity contribution in [2.24, 2.45) is 0 Å². The van der Waals surface area contributed by atoms with Gasteiger partial charge in [-0.2, -0.15) is 11.3 Å². The van der Waals surface area contributed by atoms with Crippen LogP contribution in [0, 0.1) is 6.92 Å². The zero-order valence-electron chi connectivity index (χ0n) is 9.64. The third kappa shape index (κ3) is 1.76. The molecule has 2 nitrogen and oxygen atoms in total. The van der Waals surface area contributed by atoms with Gasteiger partial charge in [0.25, 0.3) is 0 Å². The first-order valence-electron chi connectivity index (χ1n) is 5.62. The van der Waals surface area contributed by atoms with E-state index >= 15 is 0 Å². The summed E-state index contributed by atoms with van der Waals surface area (Å²) < 4.78 is 0. The van der Waals surface area contributed by atoms with Gasteiger partial charge in [-0.05, 0) is 51.6 Å². The average molecular weight is 243 g/mol. The summed E-state index contributed by atoms with van der Waals surface area (Å²) >= 11 is 1.73. The first-order valence-corrected chi connectivity index (χ1v) is 6.56. The molecule has 2 heterocycles. The Morgan fingerprint density at radius 3 is 2.76 bits per heavy atom. The lowest BCUT2D eigenvalue weighted by atomic mass is 10.0. The third-order valence-corrected chi connectivity index (χ3v) is 4.13. The number of thiophene rings is 1. The van der Waals surface area contributed by atoms with Crippen LogP contribution in [0.1, 0.15) is 16.7 Å². The van der Waals surface area contributed by atoms with Crippen LogP contribution in [0.5, 0.6) is 0 Å². The molecule has 0 saturated heterocycles. The second-order valence-corrected chi connectivity index (χ2v) is 5.21. The van der Waals surface area contributed by atoms with Crippen LogP contribution < -0.4 is 0 Å². The van der Waals surface area contributed by atoms with Crippen LogP contribution in [0.15, 0.2) is 29.0 Å². The fourth-order valence-electron chi connectivity index (χ4n) is 2.32.